The number of hydrogen-bond donors (Lipinski definition) is 1. The summed E-state index contributed by atoms with van der Waals surface area (Å²) in [5.74, 6) is 0.831. The van der Waals surface area contributed by atoms with Crippen LogP contribution in [-0.2, 0) is 6.54 Å². The van der Waals surface area contributed by atoms with Gasteiger partial charge >= 0.3 is 4.87 Å². The lowest BCUT2D eigenvalue weighted by atomic mass is 10.0. The summed E-state index contributed by atoms with van der Waals surface area (Å²) in [5.41, 5.74) is 1.90. The summed E-state index contributed by atoms with van der Waals surface area (Å²) < 4.78 is 5.74. The zero-order valence-electron chi connectivity index (χ0n) is 13.8. The molecule has 0 bridgehead atoms. The maximum Gasteiger partial charge on any atom is 0.305 e. The molecular weight excluding hydrogens is 308 g/mol. The summed E-state index contributed by atoms with van der Waals surface area (Å²) in [6.45, 7) is 6.82. The van der Waals surface area contributed by atoms with Crippen molar-refractivity contribution in [3.8, 4) is 17.0 Å². The minimum atomic E-state index is 0.00552. The predicted molar refractivity (Wildman–Crippen MR) is 95.3 cm³/mol. The van der Waals surface area contributed by atoms with Gasteiger partial charge in [0, 0.05) is 23.0 Å². The van der Waals surface area contributed by atoms with Crippen molar-refractivity contribution >= 4 is 11.3 Å². The Kier molecular flexibility index (Phi) is 5.18. The molecule has 1 aliphatic heterocycles. The van der Waals surface area contributed by atoms with Gasteiger partial charge in [-0.2, -0.15) is 0 Å². The second kappa shape index (κ2) is 7.32. The molecule has 1 unspecified atom stereocenters. The normalized spacial score (nSPS) is 19.0. The van der Waals surface area contributed by atoms with Crippen molar-refractivity contribution in [3.05, 3.63) is 38.8 Å². The standard InChI is InChI=1S/C18H24N2O2S/c1-3-22-15-10-5-4-9-14(15)17-16(23-18(21)19-17)12-20-11-7-6-8-13(20)2/h4-5,9-10,13H,3,6-8,11-12H2,1-2H3,(H,19,21). The van der Waals surface area contributed by atoms with Gasteiger partial charge in [-0.3, -0.25) is 9.69 Å². The molecule has 1 saturated heterocycles. The van der Waals surface area contributed by atoms with Crippen molar-refractivity contribution in [1.29, 1.82) is 0 Å². The van der Waals surface area contributed by atoms with Crippen LogP contribution in [0.2, 0.25) is 0 Å². The van der Waals surface area contributed by atoms with E-state index in [1.54, 1.807) is 0 Å². The monoisotopic (exact) mass is 332 g/mol. The van der Waals surface area contributed by atoms with Crippen LogP contribution in [0.25, 0.3) is 11.3 Å². The van der Waals surface area contributed by atoms with Crippen molar-refractivity contribution in [2.45, 2.75) is 45.7 Å². The van der Waals surface area contributed by atoms with Gasteiger partial charge in [0.1, 0.15) is 5.75 Å². The van der Waals surface area contributed by atoms with Gasteiger partial charge in [-0.1, -0.05) is 29.9 Å². The van der Waals surface area contributed by atoms with Crippen LogP contribution in [0.3, 0.4) is 0 Å². The van der Waals surface area contributed by atoms with Crippen molar-refractivity contribution in [2.24, 2.45) is 0 Å². The first-order valence-electron chi connectivity index (χ1n) is 8.37. The third-order valence-electron chi connectivity index (χ3n) is 4.47. The number of aromatic nitrogens is 1. The Morgan fingerprint density at radius 2 is 2.17 bits per heavy atom. The molecule has 3 rings (SSSR count). The van der Waals surface area contributed by atoms with Crippen molar-refractivity contribution in [3.63, 3.8) is 0 Å². The average Bonchev–Trinajstić information content (AvgIpc) is 2.91. The lowest BCUT2D eigenvalue weighted by Crippen LogP contribution is -2.36. The molecule has 1 N–H and O–H groups in total. The van der Waals surface area contributed by atoms with Crippen LogP contribution in [0.5, 0.6) is 5.75 Å². The molecule has 0 saturated carbocycles. The first-order valence-corrected chi connectivity index (χ1v) is 9.19. The topological polar surface area (TPSA) is 45.3 Å². The summed E-state index contributed by atoms with van der Waals surface area (Å²) in [5, 5.41) is 0. The molecule has 1 aromatic carbocycles. The molecule has 0 spiro atoms. The fraction of sp³-hybridized carbons (Fsp3) is 0.500. The minimum absolute atomic E-state index is 0.00552. The number of hydrogen-bond acceptors (Lipinski definition) is 4. The van der Waals surface area contributed by atoms with Crippen LogP contribution >= 0.6 is 11.3 Å². The summed E-state index contributed by atoms with van der Waals surface area (Å²) in [6, 6.07) is 8.51. The third kappa shape index (κ3) is 3.67. The second-order valence-electron chi connectivity index (χ2n) is 6.06. The van der Waals surface area contributed by atoms with Crippen LogP contribution in [0.15, 0.2) is 29.1 Å². The van der Waals surface area contributed by atoms with Gasteiger partial charge in [-0.05, 0) is 45.4 Å². The number of nitrogens with one attached hydrogen (secondary N) is 1. The van der Waals surface area contributed by atoms with Crippen LogP contribution < -0.4 is 9.61 Å². The highest BCUT2D eigenvalue weighted by Gasteiger charge is 2.22. The van der Waals surface area contributed by atoms with E-state index in [1.165, 1.54) is 30.6 Å². The molecule has 1 aromatic heterocycles. The molecule has 1 fully saturated rings. The number of likely N-dealkylation sites (tertiary alicyclic amines) is 1. The SMILES string of the molecule is CCOc1ccccc1-c1[nH]c(=O)sc1CN1CCCCC1C. The molecule has 1 aliphatic rings. The molecule has 0 amide bonds. The Balaban J connectivity index is 1.93. The van der Waals surface area contributed by atoms with E-state index in [-0.39, 0.29) is 4.87 Å². The fourth-order valence-corrected chi connectivity index (χ4v) is 4.09. The summed E-state index contributed by atoms with van der Waals surface area (Å²) in [4.78, 5) is 18.6. The van der Waals surface area contributed by atoms with Gasteiger partial charge in [-0.25, -0.2) is 0 Å². The number of aromatic amines is 1. The third-order valence-corrected chi connectivity index (χ3v) is 5.33. The van der Waals surface area contributed by atoms with E-state index in [1.807, 2.05) is 31.2 Å². The molecule has 124 valence electrons. The Labute approximate surface area is 141 Å². The maximum absolute atomic E-state index is 12.0. The van der Waals surface area contributed by atoms with Crippen LogP contribution in [0, 0.1) is 0 Å². The number of benzene rings is 1. The molecule has 0 radical (unpaired) electrons. The largest absolute Gasteiger partial charge is 0.493 e. The Morgan fingerprint density at radius 3 is 2.96 bits per heavy atom. The summed E-state index contributed by atoms with van der Waals surface area (Å²) >= 11 is 1.32. The van der Waals surface area contributed by atoms with Gasteiger partial charge < -0.3 is 9.72 Å². The van der Waals surface area contributed by atoms with Crippen molar-refractivity contribution in [2.75, 3.05) is 13.2 Å². The summed E-state index contributed by atoms with van der Waals surface area (Å²) in [6.07, 6.45) is 3.79. The van der Waals surface area contributed by atoms with Gasteiger partial charge in [0.2, 0.25) is 0 Å². The maximum atomic E-state index is 12.0. The fourth-order valence-electron chi connectivity index (χ4n) is 3.22. The van der Waals surface area contributed by atoms with Gasteiger partial charge in [0.15, 0.2) is 0 Å². The van der Waals surface area contributed by atoms with Crippen LogP contribution in [0.1, 0.15) is 38.0 Å². The number of rotatable bonds is 5. The molecule has 2 heterocycles. The number of thiazole rings is 1. The first-order chi connectivity index (χ1) is 11.2. The lowest BCUT2D eigenvalue weighted by molar-refractivity contribution is 0.154. The van der Waals surface area contributed by atoms with E-state index in [2.05, 4.69) is 16.8 Å². The van der Waals surface area contributed by atoms with E-state index < -0.39 is 0 Å². The van der Waals surface area contributed by atoms with Crippen molar-refractivity contribution < 1.29 is 4.74 Å². The van der Waals surface area contributed by atoms with E-state index in [4.69, 9.17) is 4.74 Å². The van der Waals surface area contributed by atoms with E-state index in [0.29, 0.717) is 12.6 Å². The van der Waals surface area contributed by atoms with E-state index >= 15 is 0 Å². The number of para-hydroxylation sites is 1. The Bertz CT molecular complexity index is 707. The molecular formula is C18H24N2O2S. The number of H-pyrrole nitrogens is 1. The van der Waals surface area contributed by atoms with E-state index in [0.717, 1.165) is 35.0 Å². The highest BCUT2D eigenvalue weighted by Crippen LogP contribution is 2.33. The molecule has 23 heavy (non-hydrogen) atoms. The number of piperidine rings is 1. The molecule has 0 aliphatic carbocycles. The summed E-state index contributed by atoms with van der Waals surface area (Å²) in [7, 11) is 0. The Hall–Kier alpha value is -1.59. The zero-order chi connectivity index (χ0) is 16.2. The lowest BCUT2D eigenvalue weighted by Gasteiger charge is -2.33. The zero-order valence-corrected chi connectivity index (χ0v) is 14.6. The van der Waals surface area contributed by atoms with Gasteiger partial charge in [0.05, 0.1) is 12.3 Å². The van der Waals surface area contributed by atoms with Crippen LogP contribution in [-0.4, -0.2) is 29.1 Å². The minimum Gasteiger partial charge on any atom is -0.493 e. The molecule has 1 atom stereocenters. The molecule has 5 heteroatoms. The average molecular weight is 332 g/mol. The highest BCUT2D eigenvalue weighted by atomic mass is 32.1. The van der Waals surface area contributed by atoms with Crippen molar-refractivity contribution in [1.82, 2.24) is 9.88 Å². The smallest absolute Gasteiger partial charge is 0.305 e. The van der Waals surface area contributed by atoms with Crippen LogP contribution in [0.4, 0.5) is 0 Å². The van der Waals surface area contributed by atoms with Gasteiger partial charge in [-0.15, -0.1) is 0 Å². The number of ether oxygens (including phenoxy) is 1. The highest BCUT2D eigenvalue weighted by molar-refractivity contribution is 7.09. The van der Waals surface area contributed by atoms with Gasteiger partial charge in [0.25, 0.3) is 0 Å². The second-order valence-corrected chi connectivity index (χ2v) is 7.12. The van der Waals surface area contributed by atoms with E-state index in [9.17, 15) is 4.79 Å². The predicted octanol–water partition coefficient (Wildman–Crippen LogP) is 3.88. The molecule has 2 aromatic rings. The first kappa shape index (κ1) is 16.3. The Morgan fingerprint density at radius 1 is 1.35 bits per heavy atom. The number of nitrogens with zero attached hydrogens (tertiary/aromatic N) is 1. The quantitative estimate of drug-likeness (QED) is 0.904. The molecule has 4 nitrogen and oxygen atoms in total.